The Labute approximate surface area is 173 Å². The second kappa shape index (κ2) is 10.0. The minimum atomic E-state index is -0.110. The van der Waals surface area contributed by atoms with Crippen LogP contribution in [0.4, 0.5) is 5.69 Å². The van der Waals surface area contributed by atoms with Crippen LogP contribution in [-0.4, -0.2) is 33.7 Å². The number of carbonyl (C=O) groups is 1. The Morgan fingerprint density at radius 3 is 2.41 bits per heavy atom. The number of carbonyl (C=O) groups excluding carboxylic acids is 1. The van der Waals surface area contributed by atoms with Gasteiger partial charge in [0, 0.05) is 12.2 Å². The van der Waals surface area contributed by atoms with Crippen LogP contribution in [0, 0.1) is 0 Å². The van der Waals surface area contributed by atoms with Crippen molar-refractivity contribution in [3.05, 3.63) is 83.2 Å². The predicted molar refractivity (Wildman–Crippen MR) is 118 cm³/mol. The molecule has 0 atom stereocenters. The summed E-state index contributed by atoms with van der Waals surface area (Å²) in [7, 11) is 0. The predicted octanol–water partition coefficient (Wildman–Crippen LogP) is 4.59. The summed E-state index contributed by atoms with van der Waals surface area (Å²) in [5.41, 5.74) is 4.77. The van der Waals surface area contributed by atoms with Gasteiger partial charge >= 0.3 is 0 Å². The van der Waals surface area contributed by atoms with Gasteiger partial charge in [-0.2, -0.15) is 5.10 Å². The summed E-state index contributed by atoms with van der Waals surface area (Å²) in [5, 5.41) is 7.52. The van der Waals surface area contributed by atoms with Crippen molar-refractivity contribution >= 4 is 11.6 Å². The van der Waals surface area contributed by atoms with Gasteiger partial charge in [-0.05, 0) is 42.8 Å². The summed E-state index contributed by atoms with van der Waals surface area (Å²) in [4.78, 5) is 15.3. The Hall–Kier alpha value is -2.92. The first-order valence-corrected chi connectivity index (χ1v) is 10.4. The van der Waals surface area contributed by atoms with Crippen LogP contribution < -0.4 is 5.32 Å². The molecule has 5 heteroatoms. The molecule has 1 N–H and O–H groups in total. The summed E-state index contributed by atoms with van der Waals surface area (Å²) in [6.07, 6.45) is 2.43. The molecule has 5 nitrogen and oxygen atoms in total. The number of aromatic nitrogens is 2. The Balaban J connectivity index is 1.74. The van der Waals surface area contributed by atoms with Gasteiger partial charge < -0.3 is 5.32 Å². The number of amides is 1. The average Bonchev–Trinajstić information content (AvgIpc) is 3.15. The van der Waals surface area contributed by atoms with E-state index in [0.29, 0.717) is 12.1 Å². The summed E-state index contributed by atoms with van der Waals surface area (Å²) in [6.45, 7) is 9.94. The summed E-state index contributed by atoms with van der Waals surface area (Å²) in [5.74, 6) is -0.110. The molecule has 0 unspecified atom stereocenters. The zero-order valence-electron chi connectivity index (χ0n) is 17.6. The van der Waals surface area contributed by atoms with Gasteiger partial charge in [0.2, 0.25) is 0 Å². The lowest BCUT2D eigenvalue weighted by Gasteiger charge is -2.18. The third-order valence-electron chi connectivity index (χ3n) is 5.19. The molecule has 29 heavy (non-hydrogen) atoms. The maximum atomic E-state index is 12.9. The zero-order chi connectivity index (χ0) is 20.6. The first-order valence-electron chi connectivity index (χ1n) is 10.4. The topological polar surface area (TPSA) is 50.2 Å². The molecule has 0 radical (unpaired) electrons. The number of nitrogens with zero attached hydrogens (tertiary/aromatic N) is 3. The molecule has 0 aliphatic heterocycles. The first-order chi connectivity index (χ1) is 14.1. The van der Waals surface area contributed by atoms with Gasteiger partial charge in [-0.1, -0.05) is 63.2 Å². The third kappa shape index (κ3) is 5.33. The van der Waals surface area contributed by atoms with E-state index in [1.54, 1.807) is 6.20 Å². The normalized spacial score (nSPS) is 11.0. The highest BCUT2D eigenvalue weighted by Crippen LogP contribution is 2.17. The Kier molecular flexibility index (Phi) is 7.19. The maximum absolute atomic E-state index is 12.9. The van der Waals surface area contributed by atoms with E-state index < -0.39 is 0 Å². The van der Waals surface area contributed by atoms with Crippen molar-refractivity contribution in [3.8, 4) is 0 Å². The molecule has 0 spiro atoms. The minimum absolute atomic E-state index is 0.110. The van der Waals surface area contributed by atoms with E-state index in [1.165, 1.54) is 11.1 Å². The van der Waals surface area contributed by atoms with Crippen LogP contribution in [0.1, 0.15) is 48.0 Å². The van der Waals surface area contributed by atoms with Gasteiger partial charge in [0.05, 0.1) is 24.0 Å². The van der Waals surface area contributed by atoms with E-state index in [9.17, 15) is 4.79 Å². The molecular weight excluding hydrogens is 360 g/mol. The van der Waals surface area contributed by atoms with E-state index in [2.05, 4.69) is 60.4 Å². The summed E-state index contributed by atoms with van der Waals surface area (Å²) in [6, 6.07) is 18.3. The molecule has 3 aromatic rings. The minimum Gasteiger partial charge on any atom is -0.322 e. The van der Waals surface area contributed by atoms with Crippen LogP contribution in [0.2, 0.25) is 0 Å². The molecule has 152 valence electrons. The fourth-order valence-corrected chi connectivity index (χ4v) is 3.52. The average molecular weight is 391 g/mol. The van der Waals surface area contributed by atoms with Crippen molar-refractivity contribution in [1.82, 2.24) is 14.7 Å². The van der Waals surface area contributed by atoms with Crippen molar-refractivity contribution in [2.24, 2.45) is 0 Å². The van der Waals surface area contributed by atoms with Crippen LogP contribution in [0.25, 0.3) is 0 Å². The van der Waals surface area contributed by atoms with Crippen LogP contribution in [0.15, 0.2) is 60.8 Å². The molecular formula is C24H30N4O. The number of rotatable bonds is 9. The molecule has 3 rings (SSSR count). The van der Waals surface area contributed by atoms with Gasteiger partial charge in [-0.15, -0.1) is 0 Å². The Morgan fingerprint density at radius 2 is 1.72 bits per heavy atom. The fraction of sp³-hybridized carbons (Fsp3) is 0.333. The van der Waals surface area contributed by atoms with E-state index in [-0.39, 0.29) is 5.91 Å². The number of anilines is 1. The number of nitrogens with one attached hydrogen (secondary N) is 1. The van der Waals surface area contributed by atoms with Gasteiger partial charge in [0.1, 0.15) is 0 Å². The highest BCUT2D eigenvalue weighted by atomic mass is 16.1. The van der Waals surface area contributed by atoms with Gasteiger partial charge in [0.25, 0.3) is 5.91 Å². The SMILES string of the molecule is CCc1c(C(=O)Nc2cccc(CN(CC)CC)c2)cnn1Cc1ccccc1. The molecule has 0 saturated carbocycles. The molecule has 2 aromatic carbocycles. The lowest BCUT2D eigenvalue weighted by Crippen LogP contribution is -2.22. The number of hydrogen-bond donors (Lipinski definition) is 1. The van der Waals surface area contributed by atoms with Crippen LogP contribution in [0.3, 0.4) is 0 Å². The first kappa shape index (κ1) is 20.8. The molecule has 0 aliphatic rings. The molecule has 0 fully saturated rings. The smallest absolute Gasteiger partial charge is 0.259 e. The van der Waals surface area contributed by atoms with Crippen molar-refractivity contribution in [1.29, 1.82) is 0 Å². The Morgan fingerprint density at radius 1 is 1.00 bits per heavy atom. The summed E-state index contributed by atoms with van der Waals surface area (Å²) >= 11 is 0. The zero-order valence-corrected chi connectivity index (χ0v) is 17.6. The fourth-order valence-electron chi connectivity index (χ4n) is 3.52. The van der Waals surface area contributed by atoms with E-state index in [4.69, 9.17) is 0 Å². The van der Waals surface area contributed by atoms with E-state index in [0.717, 1.165) is 37.4 Å². The quantitative estimate of drug-likeness (QED) is 0.581. The maximum Gasteiger partial charge on any atom is 0.259 e. The van der Waals surface area contributed by atoms with Crippen molar-refractivity contribution < 1.29 is 4.79 Å². The molecule has 1 heterocycles. The number of benzene rings is 2. The monoisotopic (exact) mass is 390 g/mol. The largest absolute Gasteiger partial charge is 0.322 e. The van der Waals surface area contributed by atoms with Gasteiger partial charge in [0.15, 0.2) is 0 Å². The second-order valence-corrected chi connectivity index (χ2v) is 7.12. The molecule has 0 saturated heterocycles. The Bertz CT molecular complexity index is 929. The molecule has 1 amide bonds. The lowest BCUT2D eigenvalue weighted by atomic mass is 10.1. The van der Waals surface area contributed by atoms with Crippen molar-refractivity contribution in [2.45, 2.75) is 40.3 Å². The molecule has 1 aromatic heterocycles. The van der Waals surface area contributed by atoms with E-state index >= 15 is 0 Å². The third-order valence-corrected chi connectivity index (χ3v) is 5.19. The van der Waals surface area contributed by atoms with Crippen LogP contribution in [0.5, 0.6) is 0 Å². The van der Waals surface area contributed by atoms with Crippen LogP contribution >= 0.6 is 0 Å². The van der Waals surface area contributed by atoms with Crippen molar-refractivity contribution in [3.63, 3.8) is 0 Å². The molecule has 0 bridgehead atoms. The van der Waals surface area contributed by atoms with E-state index in [1.807, 2.05) is 35.0 Å². The second-order valence-electron chi connectivity index (χ2n) is 7.12. The highest BCUT2D eigenvalue weighted by Gasteiger charge is 2.17. The summed E-state index contributed by atoms with van der Waals surface area (Å²) < 4.78 is 1.92. The van der Waals surface area contributed by atoms with Gasteiger partial charge in [-0.3, -0.25) is 14.4 Å². The number of hydrogen-bond acceptors (Lipinski definition) is 3. The molecule has 0 aliphatic carbocycles. The highest BCUT2D eigenvalue weighted by molar-refractivity contribution is 6.05. The van der Waals surface area contributed by atoms with Gasteiger partial charge in [-0.25, -0.2) is 0 Å². The van der Waals surface area contributed by atoms with Crippen molar-refractivity contribution in [2.75, 3.05) is 18.4 Å². The van der Waals surface area contributed by atoms with Crippen LogP contribution in [-0.2, 0) is 19.5 Å². The lowest BCUT2D eigenvalue weighted by molar-refractivity contribution is 0.102. The standard InChI is InChI=1S/C24H30N4O/c1-4-23-22(16-25-28(23)18-19-11-8-7-9-12-19)24(29)26-21-14-10-13-20(15-21)17-27(5-2)6-3/h7-16H,4-6,17-18H2,1-3H3,(H,26,29).